The number of benzene rings is 2. The molecule has 0 saturated carbocycles. The van der Waals surface area contributed by atoms with Crippen molar-refractivity contribution in [3.05, 3.63) is 76.8 Å². The fourth-order valence-electron chi connectivity index (χ4n) is 6.61. The van der Waals surface area contributed by atoms with Gasteiger partial charge in [0, 0.05) is 50.5 Å². The van der Waals surface area contributed by atoms with Gasteiger partial charge in [0.15, 0.2) is 11.5 Å². The van der Waals surface area contributed by atoms with Crippen molar-refractivity contribution in [3.8, 4) is 11.5 Å². The van der Waals surface area contributed by atoms with Crippen molar-refractivity contribution in [2.45, 2.75) is 50.2 Å². The lowest BCUT2D eigenvalue weighted by molar-refractivity contribution is -0.0711. The Balaban J connectivity index is 1.04. The van der Waals surface area contributed by atoms with Gasteiger partial charge in [-0.3, -0.25) is 9.88 Å². The number of pyridine rings is 1. The standard InChI is InChI=1S/C31H34ClFN4O3/c1-31(24-7-6-21(32)16-25(24)33)39-28-5-3-4-23(30(28)40-31)20-9-13-36(14-10-20)19-29-35(2)26-8-12-34-17-27(26)37(29)18-22-11-15-38-22/h3-8,12,16-17,20,22,29H,9-11,13-15,18-19H2,1-2H3/t22-,29?,31-/m0/s1. The Bertz CT molecular complexity index is 1410. The summed E-state index contributed by atoms with van der Waals surface area (Å²) in [5.74, 6) is 0.0468. The predicted molar refractivity (Wildman–Crippen MR) is 153 cm³/mol. The minimum absolute atomic E-state index is 0.243. The molecular weight excluding hydrogens is 531 g/mol. The highest BCUT2D eigenvalue weighted by Gasteiger charge is 2.43. The molecular formula is C31H34ClFN4O3. The van der Waals surface area contributed by atoms with E-state index in [9.17, 15) is 4.39 Å². The monoisotopic (exact) mass is 564 g/mol. The van der Waals surface area contributed by atoms with Gasteiger partial charge in [-0.1, -0.05) is 23.7 Å². The highest BCUT2D eigenvalue weighted by molar-refractivity contribution is 6.30. The summed E-state index contributed by atoms with van der Waals surface area (Å²) < 4.78 is 33.2. The summed E-state index contributed by atoms with van der Waals surface area (Å²) in [4.78, 5) is 11.8. The zero-order valence-electron chi connectivity index (χ0n) is 22.9. The zero-order chi connectivity index (χ0) is 27.4. The molecule has 7 rings (SSSR count). The summed E-state index contributed by atoms with van der Waals surface area (Å²) in [6.45, 7) is 6.45. The van der Waals surface area contributed by atoms with Crippen molar-refractivity contribution in [3.63, 3.8) is 0 Å². The van der Waals surface area contributed by atoms with Crippen LogP contribution in [-0.4, -0.2) is 62.0 Å². The molecule has 2 fully saturated rings. The first-order valence-corrected chi connectivity index (χ1v) is 14.5. The molecule has 9 heteroatoms. The Morgan fingerprint density at radius 1 is 1.05 bits per heavy atom. The molecule has 0 amide bonds. The lowest BCUT2D eigenvalue weighted by atomic mass is 9.88. The number of likely N-dealkylation sites (tertiary alicyclic amines) is 1. The summed E-state index contributed by atoms with van der Waals surface area (Å²) in [7, 11) is 2.18. The molecule has 210 valence electrons. The fraction of sp³-hybridized carbons (Fsp3) is 0.452. The van der Waals surface area contributed by atoms with Crippen LogP contribution in [0.2, 0.25) is 5.02 Å². The molecule has 0 N–H and O–H groups in total. The number of fused-ring (bicyclic) bond motifs is 2. The Hall–Kier alpha value is -3.07. The zero-order valence-corrected chi connectivity index (χ0v) is 23.6. The molecule has 4 aliphatic heterocycles. The van der Waals surface area contributed by atoms with Gasteiger partial charge in [0.25, 0.3) is 5.79 Å². The number of piperidine rings is 1. The summed E-state index contributed by atoms with van der Waals surface area (Å²) in [5.41, 5.74) is 3.89. The first-order chi connectivity index (χ1) is 19.4. The summed E-state index contributed by atoms with van der Waals surface area (Å²) in [6.07, 6.45) is 7.54. The highest BCUT2D eigenvalue weighted by Crippen LogP contribution is 2.50. The van der Waals surface area contributed by atoms with Gasteiger partial charge in [0.05, 0.1) is 29.2 Å². The van der Waals surface area contributed by atoms with E-state index < -0.39 is 11.6 Å². The minimum atomic E-state index is -1.24. The van der Waals surface area contributed by atoms with Crippen LogP contribution in [-0.2, 0) is 10.5 Å². The van der Waals surface area contributed by atoms with Crippen LogP contribution in [0.25, 0.3) is 0 Å². The van der Waals surface area contributed by atoms with E-state index in [-0.39, 0.29) is 6.17 Å². The molecule has 2 aromatic carbocycles. The maximum absolute atomic E-state index is 14.8. The van der Waals surface area contributed by atoms with Crippen molar-refractivity contribution in [2.24, 2.45) is 0 Å². The topological polar surface area (TPSA) is 50.3 Å². The molecule has 1 aromatic heterocycles. The second kappa shape index (κ2) is 10.1. The van der Waals surface area contributed by atoms with Crippen molar-refractivity contribution < 1.29 is 18.6 Å². The number of ether oxygens (including phenoxy) is 3. The predicted octanol–water partition coefficient (Wildman–Crippen LogP) is 5.77. The first kappa shape index (κ1) is 25.9. The smallest absolute Gasteiger partial charge is 0.278 e. The van der Waals surface area contributed by atoms with Gasteiger partial charge in [0.1, 0.15) is 12.0 Å². The molecule has 0 bridgehead atoms. The van der Waals surface area contributed by atoms with E-state index in [2.05, 4.69) is 38.9 Å². The van der Waals surface area contributed by atoms with Crippen molar-refractivity contribution in [1.82, 2.24) is 9.88 Å². The lowest BCUT2D eigenvalue weighted by Gasteiger charge is -2.40. The molecule has 0 radical (unpaired) electrons. The number of rotatable bonds is 6. The number of anilines is 2. The van der Waals surface area contributed by atoms with E-state index in [4.69, 9.17) is 25.8 Å². The van der Waals surface area contributed by atoms with E-state index in [1.165, 1.54) is 17.4 Å². The van der Waals surface area contributed by atoms with E-state index in [0.29, 0.717) is 28.4 Å². The average Bonchev–Trinajstić information content (AvgIpc) is 3.41. The number of hydrogen-bond acceptors (Lipinski definition) is 7. The van der Waals surface area contributed by atoms with Crippen molar-refractivity contribution >= 4 is 23.0 Å². The van der Waals surface area contributed by atoms with Gasteiger partial charge in [0.2, 0.25) is 0 Å². The number of hydrogen-bond donors (Lipinski definition) is 0. The number of aromatic nitrogens is 1. The van der Waals surface area contributed by atoms with Crippen LogP contribution in [0.15, 0.2) is 54.9 Å². The van der Waals surface area contributed by atoms with Gasteiger partial charge in [-0.2, -0.15) is 0 Å². The number of nitrogens with zero attached hydrogens (tertiary/aromatic N) is 4. The van der Waals surface area contributed by atoms with E-state index in [1.54, 1.807) is 19.1 Å². The lowest BCUT2D eigenvalue weighted by Crippen LogP contribution is -2.53. The third-order valence-corrected chi connectivity index (χ3v) is 9.18. The summed E-state index contributed by atoms with van der Waals surface area (Å²) in [5, 5.41) is 0.344. The number of para-hydroxylation sites is 1. The van der Waals surface area contributed by atoms with Crippen LogP contribution in [0.4, 0.5) is 15.8 Å². The van der Waals surface area contributed by atoms with Gasteiger partial charge in [-0.15, -0.1) is 0 Å². The van der Waals surface area contributed by atoms with E-state index in [1.807, 2.05) is 24.5 Å². The van der Waals surface area contributed by atoms with Gasteiger partial charge in [-0.05, 0) is 68.6 Å². The molecule has 0 spiro atoms. The van der Waals surface area contributed by atoms with E-state index >= 15 is 0 Å². The van der Waals surface area contributed by atoms with Gasteiger partial charge < -0.3 is 24.0 Å². The molecule has 4 aliphatic rings. The van der Waals surface area contributed by atoms with Crippen LogP contribution in [0.3, 0.4) is 0 Å². The molecule has 3 atom stereocenters. The third kappa shape index (κ3) is 4.46. The third-order valence-electron chi connectivity index (χ3n) is 8.95. The maximum Gasteiger partial charge on any atom is 0.278 e. The van der Waals surface area contributed by atoms with Crippen LogP contribution in [0, 0.1) is 5.82 Å². The van der Waals surface area contributed by atoms with Crippen LogP contribution in [0.5, 0.6) is 11.5 Å². The highest BCUT2D eigenvalue weighted by atomic mass is 35.5. The second-order valence-corrected chi connectivity index (χ2v) is 11.8. The Morgan fingerprint density at radius 3 is 2.62 bits per heavy atom. The molecule has 40 heavy (non-hydrogen) atoms. The largest absolute Gasteiger partial charge is 0.444 e. The van der Waals surface area contributed by atoms with Crippen molar-refractivity contribution in [2.75, 3.05) is 49.6 Å². The summed E-state index contributed by atoms with van der Waals surface area (Å²) >= 11 is 5.98. The molecule has 5 heterocycles. The maximum atomic E-state index is 14.8. The Labute approximate surface area is 239 Å². The Morgan fingerprint density at radius 2 is 1.88 bits per heavy atom. The quantitative estimate of drug-likeness (QED) is 0.377. The number of halogens is 2. The van der Waals surface area contributed by atoms with E-state index in [0.717, 1.165) is 63.4 Å². The SMILES string of the molecule is CN1c2ccncc2N(C[C@@H]2CCO2)C1CN1CCC(c2cccc3c2O[C@@](C)(c2ccc(Cl)cc2F)O3)CC1. The van der Waals surface area contributed by atoms with Gasteiger partial charge in [-0.25, -0.2) is 4.39 Å². The Kier molecular flexibility index (Phi) is 6.52. The van der Waals surface area contributed by atoms with Crippen molar-refractivity contribution in [1.29, 1.82) is 0 Å². The van der Waals surface area contributed by atoms with Crippen LogP contribution in [0.1, 0.15) is 43.2 Å². The van der Waals surface area contributed by atoms with Crippen LogP contribution < -0.4 is 19.3 Å². The molecule has 0 aliphatic carbocycles. The fourth-order valence-corrected chi connectivity index (χ4v) is 6.77. The average molecular weight is 565 g/mol. The first-order valence-electron chi connectivity index (χ1n) is 14.1. The van der Waals surface area contributed by atoms with Gasteiger partial charge >= 0.3 is 0 Å². The minimum Gasteiger partial charge on any atom is -0.444 e. The molecule has 7 nitrogen and oxygen atoms in total. The number of likely N-dealkylation sites (N-methyl/N-ethyl adjacent to an activating group) is 1. The molecule has 1 unspecified atom stereocenters. The molecule has 3 aromatic rings. The normalized spacial score (nSPS) is 26.2. The summed E-state index contributed by atoms with van der Waals surface area (Å²) in [6, 6.07) is 12.7. The second-order valence-electron chi connectivity index (χ2n) is 11.4. The van der Waals surface area contributed by atoms with Crippen LogP contribution >= 0.6 is 11.6 Å². The molecule has 2 saturated heterocycles.